The van der Waals surface area contributed by atoms with Crippen molar-refractivity contribution in [3.8, 4) is 0 Å². The first-order valence-electron chi connectivity index (χ1n) is 4.59. The van der Waals surface area contributed by atoms with Gasteiger partial charge in [0.15, 0.2) is 0 Å². The van der Waals surface area contributed by atoms with Gasteiger partial charge < -0.3 is 0 Å². The van der Waals surface area contributed by atoms with Crippen molar-refractivity contribution in [1.29, 1.82) is 0 Å². The predicted molar refractivity (Wildman–Crippen MR) is 66.8 cm³/mol. The van der Waals surface area contributed by atoms with Crippen LogP contribution in [-0.4, -0.2) is 10.8 Å². The van der Waals surface area contributed by atoms with Crippen molar-refractivity contribution >= 4 is 33.3 Å². The Labute approximate surface area is 106 Å². The Bertz CT molecular complexity index is 525. The van der Waals surface area contributed by atoms with E-state index < -0.39 is 0 Å². The summed E-state index contributed by atoms with van der Waals surface area (Å²) in [7, 11) is 0. The number of carbonyl (C=O) groups is 1. The molecule has 0 aliphatic heterocycles. The molecular weight excluding hydrogens is 289 g/mol. The van der Waals surface area contributed by atoms with Crippen LogP contribution in [0.3, 0.4) is 0 Å². The van der Waals surface area contributed by atoms with Gasteiger partial charge in [-0.3, -0.25) is 4.79 Å². The van der Waals surface area contributed by atoms with Crippen LogP contribution in [0, 0.1) is 0 Å². The molecule has 0 spiro atoms. The summed E-state index contributed by atoms with van der Waals surface area (Å²) in [5.74, 6) is -0.113. The zero-order valence-electron chi connectivity index (χ0n) is 8.15. The Morgan fingerprint density at radius 1 is 1.12 bits per heavy atom. The fraction of sp³-hybridized carbons (Fsp3) is 0. The van der Waals surface area contributed by atoms with E-state index in [0.717, 1.165) is 0 Å². The summed E-state index contributed by atoms with van der Waals surface area (Å²) in [6.07, 6.45) is 0. The van der Waals surface area contributed by atoms with Gasteiger partial charge in [-0.2, -0.15) is 0 Å². The molecule has 1 heterocycles. The predicted octanol–water partition coefficient (Wildman–Crippen LogP) is 3.73. The van der Waals surface area contributed by atoms with Gasteiger partial charge in [0.1, 0.15) is 10.3 Å². The molecule has 0 amide bonds. The highest BCUT2D eigenvalue weighted by Crippen LogP contribution is 2.14. The Balaban J connectivity index is 2.35. The number of halogens is 2. The van der Waals surface area contributed by atoms with E-state index in [1.807, 2.05) is 0 Å². The largest absolute Gasteiger partial charge is 0.287 e. The van der Waals surface area contributed by atoms with Crippen LogP contribution in [0.4, 0.5) is 0 Å². The van der Waals surface area contributed by atoms with Gasteiger partial charge in [-0.05, 0) is 52.3 Å². The summed E-state index contributed by atoms with van der Waals surface area (Å²) in [5, 5.41) is 0.610. The molecule has 1 aromatic heterocycles. The molecule has 0 fully saturated rings. The standard InChI is InChI=1S/C12H7BrClNO/c13-11-3-1-2-10(15-11)12(16)8-4-6-9(14)7-5-8/h1-7H. The molecule has 0 aliphatic carbocycles. The van der Waals surface area contributed by atoms with E-state index in [-0.39, 0.29) is 5.78 Å². The number of nitrogens with zero attached hydrogens (tertiary/aromatic N) is 1. The van der Waals surface area contributed by atoms with Crippen molar-refractivity contribution < 1.29 is 4.79 Å². The van der Waals surface area contributed by atoms with Gasteiger partial charge in [-0.1, -0.05) is 17.7 Å². The number of benzene rings is 1. The molecule has 0 bridgehead atoms. The van der Waals surface area contributed by atoms with Crippen LogP contribution in [0.1, 0.15) is 16.1 Å². The van der Waals surface area contributed by atoms with Crippen molar-refractivity contribution in [2.75, 3.05) is 0 Å². The third kappa shape index (κ3) is 2.49. The van der Waals surface area contributed by atoms with Gasteiger partial charge in [0.05, 0.1) is 0 Å². The molecule has 80 valence electrons. The van der Waals surface area contributed by atoms with E-state index in [2.05, 4.69) is 20.9 Å². The van der Waals surface area contributed by atoms with Crippen LogP contribution >= 0.6 is 27.5 Å². The quantitative estimate of drug-likeness (QED) is 0.624. The minimum Gasteiger partial charge on any atom is -0.287 e. The van der Waals surface area contributed by atoms with Crippen LogP contribution in [0.15, 0.2) is 47.1 Å². The molecule has 16 heavy (non-hydrogen) atoms. The van der Waals surface area contributed by atoms with Gasteiger partial charge in [0, 0.05) is 10.6 Å². The van der Waals surface area contributed by atoms with Crippen LogP contribution in [0.2, 0.25) is 5.02 Å². The summed E-state index contributed by atoms with van der Waals surface area (Å²) >= 11 is 8.98. The molecule has 2 nitrogen and oxygen atoms in total. The molecular formula is C12H7BrClNO. The number of hydrogen-bond acceptors (Lipinski definition) is 2. The second kappa shape index (κ2) is 4.76. The van der Waals surface area contributed by atoms with Crippen molar-refractivity contribution in [2.45, 2.75) is 0 Å². The van der Waals surface area contributed by atoms with E-state index in [0.29, 0.717) is 20.9 Å². The monoisotopic (exact) mass is 295 g/mol. The third-order valence-corrected chi connectivity index (χ3v) is 2.75. The summed E-state index contributed by atoms with van der Waals surface area (Å²) in [6, 6.07) is 12.0. The molecule has 2 aromatic rings. The van der Waals surface area contributed by atoms with E-state index in [1.165, 1.54) is 0 Å². The van der Waals surface area contributed by atoms with Crippen molar-refractivity contribution in [2.24, 2.45) is 0 Å². The topological polar surface area (TPSA) is 30.0 Å². The Kier molecular flexibility index (Phi) is 3.36. The van der Waals surface area contributed by atoms with Gasteiger partial charge in [-0.25, -0.2) is 4.98 Å². The maximum absolute atomic E-state index is 12.0. The second-order valence-electron chi connectivity index (χ2n) is 3.18. The molecule has 1 aromatic carbocycles. The van der Waals surface area contributed by atoms with Crippen LogP contribution < -0.4 is 0 Å². The van der Waals surface area contributed by atoms with Crippen LogP contribution in [0.25, 0.3) is 0 Å². The normalized spacial score (nSPS) is 10.1. The van der Waals surface area contributed by atoms with E-state index in [9.17, 15) is 4.79 Å². The van der Waals surface area contributed by atoms with Crippen LogP contribution in [0.5, 0.6) is 0 Å². The zero-order chi connectivity index (χ0) is 11.5. The molecule has 0 radical (unpaired) electrons. The molecule has 4 heteroatoms. The van der Waals surface area contributed by atoms with Crippen LogP contribution in [-0.2, 0) is 0 Å². The first-order valence-corrected chi connectivity index (χ1v) is 5.77. The first-order chi connectivity index (χ1) is 7.66. The lowest BCUT2D eigenvalue weighted by Gasteiger charge is -2.00. The minimum atomic E-state index is -0.113. The molecule has 0 unspecified atom stereocenters. The van der Waals surface area contributed by atoms with Crippen molar-refractivity contribution in [3.05, 3.63) is 63.3 Å². The lowest BCUT2D eigenvalue weighted by molar-refractivity contribution is 0.103. The molecule has 0 aliphatic rings. The highest BCUT2D eigenvalue weighted by Gasteiger charge is 2.10. The SMILES string of the molecule is O=C(c1ccc(Cl)cc1)c1cccc(Br)n1. The highest BCUT2D eigenvalue weighted by molar-refractivity contribution is 9.10. The number of ketones is 1. The second-order valence-corrected chi connectivity index (χ2v) is 4.43. The Morgan fingerprint density at radius 3 is 2.44 bits per heavy atom. The van der Waals surface area contributed by atoms with E-state index in [1.54, 1.807) is 42.5 Å². The number of rotatable bonds is 2. The zero-order valence-corrected chi connectivity index (χ0v) is 10.5. The number of aromatic nitrogens is 1. The molecule has 0 atom stereocenters. The Morgan fingerprint density at radius 2 is 1.81 bits per heavy atom. The lowest BCUT2D eigenvalue weighted by atomic mass is 10.1. The molecule has 0 saturated heterocycles. The van der Waals surface area contributed by atoms with Gasteiger partial charge in [-0.15, -0.1) is 0 Å². The first kappa shape index (κ1) is 11.3. The smallest absolute Gasteiger partial charge is 0.211 e. The third-order valence-electron chi connectivity index (χ3n) is 2.05. The fourth-order valence-electron chi connectivity index (χ4n) is 1.28. The summed E-state index contributed by atoms with van der Waals surface area (Å²) in [5.41, 5.74) is 0.992. The van der Waals surface area contributed by atoms with Crippen molar-refractivity contribution in [1.82, 2.24) is 4.98 Å². The number of hydrogen-bond donors (Lipinski definition) is 0. The molecule has 2 rings (SSSR count). The maximum atomic E-state index is 12.0. The van der Waals surface area contributed by atoms with Gasteiger partial charge in [0.25, 0.3) is 0 Å². The fourth-order valence-corrected chi connectivity index (χ4v) is 1.75. The van der Waals surface area contributed by atoms with Gasteiger partial charge >= 0.3 is 0 Å². The summed E-state index contributed by atoms with van der Waals surface area (Å²) in [4.78, 5) is 16.1. The molecule has 0 saturated carbocycles. The van der Waals surface area contributed by atoms with Gasteiger partial charge in [0.2, 0.25) is 5.78 Å². The van der Waals surface area contributed by atoms with E-state index in [4.69, 9.17) is 11.6 Å². The maximum Gasteiger partial charge on any atom is 0.211 e. The lowest BCUT2D eigenvalue weighted by Crippen LogP contribution is -2.03. The van der Waals surface area contributed by atoms with E-state index >= 15 is 0 Å². The summed E-state index contributed by atoms with van der Waals surface area (Å²) < 4.78 is 0.646. The Hall–Kier alpha value is -1.19. The number of carbonyl (C=O) groups excluding carboxylic acids is 1. The van der Waals surface area contributed by atoms with Crippen molar-refractivity contribution in [3.63, 3.8) is 0 Å². The molecule has 0 N–H and O–H groups in total. The average molecular weight is 297 g/mol. The minimum absolute atomic E-state index is 0.113. The average Bonchev–Trinajstić information content (AvgIpc) is 2.29. The highest BCUT2D eigenvalue weighted by atomic mass is 79.9. The number of pyridine rings is 1. The summed E-state index contributed by atoms with van der Waals surface area (Å²) in [6.45, 7) is 0.